The number of aromatic nitrogens is 2. The van der Waals surface area contributed by atoms with Crippen LogP contribution in [0.3, 0.4) is 0 Å². The first-order valence-corrected chi connectivity index (χ1v) is 8.57. The third-order valence-corrected chi connectivity index (χ3v) is 5.60. The van der Waals surface area contributed by atoms with Gasteiger partial charge in [0.15, 0.2) is 0 Å². The molecule has 0 N–H and O–H groups in total. The fourth-order valence-electron chi connectivity index (χ4n) is 2.53. The van der Waals surface area contributed by atoms with Crippen molar-refractivity contribution < 1.29 is 8.42 Å². The minimum absolute atomic E-state index is 0.198. The van der Waals surface area contributed by atoms with Gasteiger partial charge >= 0.3 is 0 Å². The molecule has 7 nitrogen and oxygen atoms in total. The Labute approximate surface area is 134 Å². The summed E-state index contributed by atoms with van der Waals surface area (Å²) in [6.45, 7) is 1.67. The van der Waals surface area contributed by atoms with E-state index in [-0.39, 0.29) is 4.90 Å². The molecule has 8 heteroatoms. The van der Waals surface area contributed by atoms with Gasteiger partial charge in [-0.3, -0.25) is 4.98 Å². The molecular weight excluding hydrogens is 314 g/mol. The molecule has 1 aliphatic heterocycles. The van der Waals surface area contributed by atoms with E-state index in [1.54, 1.807) is 36.7 Å². The van der Waals surface area contributed by atoms with Crippen molar-refractivity contribution in [2.24, 2.45) is 0 Å². The first-order valence-electron chi connectivity index (χ1n) is 7.13. The van der Waals surface area contributed by atoms with Crippen molar-refractivity contribution in [3.05, 3.63) is 48.4 Å². The molecule has 23 heavy (non-hydrogen) atoms. The normalized spacial score (nSPS) is 16.0. The standard InChI is InChI=1S/C15H15N5O2S/c16-11-13-3-1-6-18-15(13)19-7-9-20(10-8-19)23(21,22)14-4-2-5-17-12-14/h1-6,12H,7-10H2. The van der Waals surface area contributed by atoms with Crippen LogP contribution in [0.15, 0.2) is 47.8 Å². The van der Waals surface area contributed by atoms with Crippen molar-refractivity contribution in [1.29, 1.82) is 5.26 Å². The lowest BCUT2D eigenvalue weighted by molar-refractivity contribution is 0.383. The Morgan fingerprint density at radius 1 is 1.09 bits per heavy atom. The third-order valence-electron chi connectivity index (χ3n) is 3.72. The summed E-state index contributed by atoms with van der Waals surface area (Å²) in [4.78, 5) is 10.2. The summed E-state index contributed by atoms with van der Waals surface area (Å²) in [6.07, 6.45) is 4.53. The van der Waals surface area contributed by atoms with Gasteiger partial charge in [-0.1, -0.05) is 0 Å². The fourth-order valence-corrected chi connectivity index (χ4v) is 3.91. The zero-order valence-corrected chi connectivity index (χ0v) is 13.1. The van der Waals surface area contributed by atoms with E-state index in [1.807, 2.05) is 4.90 Å². The number of anilines is 1. The van der Waals surface area contributed by atoms with Gasteiger partial charge in [0, 0.05) is 44.8 Å². The molecule has 118 valence electrons. The van der Waals surface area contributed by atoms with E-state index in [1.165, 1.54) is 10.5 Å². The van der Waals surface area contributed by atoms with E-state index in [2.05, 4.69) is 16.0 Å². The molecule has 0 spiro atoms. The Kier molecular flexibility index (Phi) is 4.23. The zero-order valence-electron chi connectivity index (χ0n) is 12.3. The Bertz CT molecular complexity index is 824. The van der Waals surface area contributed by atoms with Crippen LogP contribution in [-0.2, 0) is 10.0 Å². The van der Waals surface area contributed by atoms with Crippen LogP contribution in [0.2, 0.25) is 0 Å². The van der Waals surface area contributed by atoms with Crippen molar-refractivity contribution >= 4 is 15.8 Å². The van der Waals surface area contributed by atoms with Crippen LogP contribution in [0.25, 0.3) is 0 Å². The number of rotatable bonds is 3. The lowest BCUT2D eigenvalue weighted by Crippen LogP contribution is -2.49. The Morgan fingerprint density at radius 2 is 1.83 bits per heavy atom. The number of nitriles is 1. The third kappa shape index (κ3) is 3.02. The largest absolute Gasteiger partial charge is 0.353 e. The molecule has 1 saturated heterocycles. The van der Waals surface area contributed by atoms with Gasteiger partial charge in [-0.2, -0.15) is 9.57 Å². The average Bonchev–Trinajstić information content (AvgIpc) is 2.62. The summed E-state index contributed by atoms with van der Waals surface area (Å²) in [5.74, 6) is 0.605. The Morgan fingerprint density at radius 3 is 2.48 bits per heavy atom. The molecule has 0 aromatic carbocycles. The summed E-state index contributed by atoms with van der Waals surface area (Å²) in [5.41, 5.74) is 0.496. The number of nitrogens with zero attached hydrogens (tertiary/aromatic N) is 5. The second kappa shape index (κ2) is 6.32. The predicted molar refractivity (Wildman–Crippen MR) is 84.2 cm³/mol. The van der Waals surface area contributed by atoms with E-state index in [0.29, 0.717) is 37.6 Å². The van der Waals surface area contributed by atoms with Gasteiger partial charge in [0.1, 0.15) is 16.8 Å². The van der Waals surface area contributed by atoms with E-state index >= 15 is 0 Å². The van der Waals surface area contributed by atoms with E-state index < -0.39 is 10.0 Å². The summed E-state index contributed by atoms with van der Waals surface area (Å²) in [7, 11) is -3.52. The molecule has 0 atom stereocenters. The van der Waals surface area contributed by atoms with Crippen LogP contribution < -0.4 is 4.90 Å². The summed E-state index contributed by atoms with van der Waals surface area (Å²) >= 11 is 0. The minimum atomic E-state index is -3.52. The van der Waals surface area contributed by atoms with Crippen LogP contribution in [-0.4, -0.2) is 48.9 Å². The first-order chi connectivity index (χ1) is 11.1. The molecule has 0 bridgehead atoms. The van der Waals surface area contributed by atoms with Gasteiger partial charge in [0.2, 0.25) is 10.0 Å². The highest BCUT2D eigenvalue weighted by atomic mass is 32.2. The van der Waals surface area contributed by atoms with Gasteiger partial charge in [0.05, 0.1) is 5.56 Å². The molecule has 3 heterocycles. The number of pyridine rings is 2. The van der Waals surface area contributed by atoms with Crippen molar-refractivity contribution in [2.45, 2.75) is 4.90 Å². The second-order valence-electron chi connectivity index (χ2n) is 5.07. The second-order valence-corrected chi connectivity index (χ2v) is 7.00. The van der Waals surface area contributed by atoms with Gasteiger partial charge in [-0.05, 0) is 24.3 Å². The van der Waals surface area contributed by atoms with Crippen molar-refractivity contribution in [1.82, 2.24) is 14.3 Å². The maximum absolute atomic E-state index is 12.6. The maximum Gasteiger partial charge on any atom is 0.244 e. The highest BCUT2D eigenvalue weighted by Crippen LogP contribution is 2.21. The average molecular weight is 329 g/mol. The molecule has 0 saturated carbocycles. The number of hydrogen-bond acceptors (Lipinski definition) is 6. The summed E-state index contributed by atoms with van der Waals surface area (Å²) in [6, 6.07) is 8.69. The van der Waals surface area contributed by atoms with Crippen molar-refractivity contribution in [3.63, 3.8) is 0 Å². The van der Waals surface area contributed by atoms with Gasteiger partial charge in [-0.25, -0.2) is 13.4 Å². The van der Waals surface area contributed by atoms with Crippen LogP contribution >= 0.6 is 0 Å². The van der Waals surface area contributed by atoms with Crippen molar-refractivity contribution in [3.8, 4) is 6.07 Å². The van der Waals surface area contributed by atoms with Crippen LogP contribution in [0.4, 0.5) is 5.82 Å². The first kappa shape index (κ1) is 15.4. The number of hydrogen-bond donors (Lipinski definition) is 0. The highest BCUT2D eigenvalue weighted by molar-refractivity contribution is 7.89. The quantitative estimate of drug-likeness (QED) is 0.829. The molecule has 0 amide bonds. The lowest BCUT2D eigenvalue weighted by Gasteiger charge is -2.34. The SMILES string of the molecule is N#Cc1cccnc1N1CCN(S(=O)(=O)c2cccnc2)CC1. The monoisotopic (exact) mass is 329 g/mol. The Hall–Kier alpha value is -2.50. The maximum atomic E-state index is 12.6. The van der Waals surface area contributed by atoms with Crippen LogP contribution in [0.5, 0.6) is 0 Å². The predicted octanol–water partition coefficient (Wildman–Crippen LogP) is 0.859. The number of sulfonamides is 1. The highest BCUT2D eigenvalue weighted by Gasteiger charge is 2.29. The van der Waals surface area contributed by atoms with E-state index in [9.17, 15) is 8.42 Å². The van der Waals surface area contributed by atoms with Gasteiger partial charge in [0.25, 0.3) is 0 Å². The molecule has 0 unspecified atom stereocenters. The van der Waals surface area contributed by atoms with E-state index in [0.717, 1.165) is 0 Å². The fraction of sp³-hybridized carbons (Fsp3) is 0.267. The lowest BCUT2D eigenvalue weighted by atomic mass is 10.2. The minimum Gasteiger partial charge on any atom is -0.353 e. The molecule has 0 radical (unpaired) electrons. The van der Waals surface area contributed by atoms with Gasteiger partial charge in [-0.15, -0.1) is 0 Å². The van der Waals surface area contributed by atoms with Crippen LogP contribution in [0.1, 0.15) is 5.56 Å². The molecule has 1 aliphatic rings. The zero-order chi connectivity index (χ0) is 16.3. The van der Waals surface area contributed by atoms with Crippen LogP contribution in [0, 0.1) is 11.3 Å². The topological polar surface area (TPSA) is 90.2 Å². The molecule has 3 rings (SSSR count). The molecule has 0 aliphatic carbocycles. The van der Waals surface area contributed by atoms with E-state index in [4.69, 9.17) is 5.26 Å². The molecular formula is C15H15N5O2S. The smallest absolute Gasteiger partial charge is 0.244 e. The summed E-state index contributed by atoms with van der Waals surface area (Å²) in [5, 5.41) is 9.15. The number of piperazine rings is 1. The van der Waals surface area contributed by atoms with Gasteiger partial charge < -0.3 is 4.90 Å². The molecule has 2 aromatic rings. The summed E-state index contributed by atoms with van der Waals surface area (Å²) < 4.78 is 26.5. The molecule has 1 fully saturated rings. The Balaban J connectivity index is 1.75. The molecule has 2 aromatic heterocycles. The van der Waals surface area contributed by atoms with Crippen molar-refractivity contribution in [2.75, 3.05) is 31.1 Å².